The number of carbonyl (C=O) groups is 2. The average molecular weight is 632 g/mol. The molecule has 1 amide bonds. The number of aryl methyl sites for hydroxylation is 2. The molecule has 0 saturated carbocycles. The van der Waals surface area contributed by atoms with Gasteiger partial charge in [0.25, 0.3) is 5.91 Å². The number of carbonyl (C=O) groups excluding carboxylic acids is 1. The van der Waals surface area contributed by atoms with Crippen molar-refractivity contribution in [3.05, 3.63) is 83.3 Å². The molecule has 3 aromatic carbocycles. The van der Waals surface area contributed by atoms with Gasteiger partial charge in [-0.05, 0) is 69.2 Å². The van der Waals surface area contributed by atoms with E-state index in [1.807, 2.05) is 0 Å². The molecule has 0 bridgehead atoms. The van der Waals surface area contributed by atoms with Crippen LogP contribution in [0.25, 0.3) is 5.57 Å². The molecule has 0 atom stereocenters. The van der Waals surface area contributed by atoms with Crippen molar-refractivity contribution >= 4 is 46.3 Å². The molecule has 5 heterocycles. The van der Waals surface area contributed by atoms with Crippen LogP contribution in [-0.4, -0.2) is 49.7 Å². The third-order valence-corrected chi connectivity index (χ3v) is 10.6. The monoisotopic (exact) mass is 630 g/mol. The molecule has 9 heteroatoms. The van der Waals surface area contributed by atoms with Gasteiger partial charge < -0.3 is 20.1 Å². The van der Waals surface area contributed by atoms with E-state index in [0.717, 1.165) is 105 Å². The Kier molecular flexibility index (Phi) is 6.69. The van der Waals surface area contributed by atoms with Gasteiger partial charge in [-0.1, -0.05) is 23.2 Å². The summed E-state index contributed by atoms with van der Waals surface area (Å²) in [4.78, 5) is 28.5. The van der Waals surface area contributed by atoms with Gasteiger partial charge in [0.05, 0.1) is 26.7 Å². The van der Waals surface area contributed by atoms with Crippen LogP contribution in [0.5, 0.6) is 11.5 Å². The van der Waals surface area contributed by atoms with Crippen molar-refractivity contribution < 1.29 is 19.4 Å². The lowest BCUT2D eigenvalue weighted by Crippen LogP contribution is -2.45. The minimum Gasteiger partial charge on any atom is -0.478 e. The van der Waals surface area contributed by atoms with Crippen LogP contribution < -0.4 is 30.1 Å². The molecule has 0 saturated heterocycles. The molecule has 0 spiro atoms. The van der Waals surface area contributed by atoms with E-state index < -0.39 is 11.9 Å². The van der Waals surface area contributed by atoms with Gasteiger partial charge in [-0.2, -0.15) is 0 Å². The highest BCUT2D eigenvalue weighted by molar-refractivity contribution is 6.40. The SMILES string of the molecule is CCNC(=O)c1cc(Cl)c(C2=c3cc4c5c(c3Oc3c2cc2c6c3CCCN6CCC2)CCC[N+]=5CCC4)c(C(=O)O)c1Cl. The summed E-state index contributed by atoms with van der Waals surface area (Å²) in [6, 6.07) is 5.93. The van der Waals surface area contributed by atoms with Gasteiger partial charge >= 0.3 is 5.97 Å². The summed E-state index contributed by atoms with van der Waals surface area (Å²) in [7, 11) is 0. The summed E-state index contributed by atoms with van der Waals surface area (Å²) in [6.07, 6.45) is 7.90. The van der Waals surface area contributed by atoms with Gasteiger partial charge in [0.2, 0.25) is 5.36 Å². The molecule has 5 aliphatic heterocycles. The van der Waals surface area contributed by atoms with E-state index in [0.29, 0.717) is 12.1 Å². The molecule has 2 N–H and O–H groups in total. The lowest BCUT2D eigenvalue weighted by Gasteiger charge is -2.39. The smallest absolute Gasteiger partial charge is 0.337 e. The number of anilines is 1. The molecule has 0 fully saturated rings. The van der Waals surface area contributed by atoms with E-state index in [4.69, 9.17) is 27.9 Å². The zero-order valence-corrected chi connectivity index (χ0v) is 26.3. The number of amides is 1. The van der Waals surface area contributed by atoms with Crippen molar-refractivity contribution in [1.82, 2.24) is 9.89 Å². The maximum Gasteiger partial charge on any atom is 0.337 e. The first kappa shape index (κ1) is 28.0. The first-order valence-corrected chi connectivity index (χ1v) is 16.6. The van der Waals surface area contributed by atoms with Crippen LogP contribution in [-0.2, 0) is 25.7 Å². The van der Waals surface area contributed by atoms with Crippen molar-refractivity contribution in [2.75, 3.05) is 37.6 Å². The average Bonchev–Trinajstić information content (AvgIpc) is 3.02. The largest absolute Gasteiger partial charge is 0.478 e. The molecule has 226 valence electrons. The number of carboxylic acid groups (broad SMARTS) is 1. The predicted octanol–water partition coefficient (Wildman–Crippen LogP) is 4.88. The van der Waals surface area contributed by atoms with Gasteiger partial charge in [0.1, 0.15) is 24.6 Å². The van der Waals surface area contributed by atoms with Crippen molar-refractivity contribution in [3.8, 4) is 11.5 Å². The molecule has 8 rings (SSSR count). The second kappa shape index (κ2) is 10.5. The molecule has 0 aliphatic carbocycles. The first-order valence-electron chi connectivity index (χ1n) is 15.8. The van der Waals surface area contributed by atoms with Crippen molar-refractivity contribution in [2.24, 2.45) is 0 Å². The fourth-order valence-corrected chi connectivity index (χ4v) is 8.89. The fourth-order valence-electron chi connectivity index (χ4n) is 8.28. The van der Waals surface area contributed by atoms with Crippen LogP contribution in [0.2, 0.25) is 10.0 Å². The summed E-state index contributed by atoms with van der Waals surface area (Å²) >= 11 is 13.9. The van der Waals surface area contributed by atoms with Crippen LogP contribution in [0.1, 0.15) is 86.7 Å². The number of aromatic carboxylic acids is 1. The number of rotatable bonds is 4. The topological polar surface area (TPSA) is 81.9 Å². The van der Waals surface area contributed by atoms with E-state index in [2.05, 4.69) is 26.9 Å². The molecular formula is C35H34Cl2N3O4+. The maximum absolute atomic E-state index is 13.1. The number of nitrogens with zero attached hydrogens (tertiary/aromatic N) is 2. The summed E-state index contributed by atoms with van der Waals surface area (Å²) in [6.45, 7) is 6.31. The Bertz CT molecular complexity index is 1940. The molecule has 0 radical (unpaired) electrons. The minimum atomic E-state index is -1.23. The van der Waals surface area contributed by atoms with Gasteiger partial charge in [-0.25, -0.2) is 9.37 Å². The first-order chi connectivity index (χ1) is 21.4. The van der Waals surface area contributed by atoms with Crippen molar-refractivity contribution in [3.63, 3.8) is 0 Å². The standard InChI is InChI=1S/C35H33Cl2N3O4/c1-2-38-34(41)24-17-25(36)27(28(29(24)37)35(42)43)26-22-15-18-7-3-11-39-13-5-9-20(30(18)39)32(22)44-33-21-10-6-14-40-12-4-8-19(31(21)40)16-23(26)33/h15-17H,2-14H2,1H3,(H-,38,41,42,43)/p+1. The number of carboxylic acids is 1. The van der Waals surface area contributed by atoms with Gasteiger partial charge in [-0.3, -0.25) is 4.79 Å². The molecule has 3 aromatic rings. The Labute approximate surface area is 265 Å². The third kappa shape index (κ3) is 4.05. The summed E-state index contributed by atoms with van der Waals surface area (Å²) in [5.74, 6) is -0.0730. The van der Waals surface area contributed by atoms with E-state index in [9.17, 15) is 14.7 Å². The van der Waals surface area contributed by atoms with Crippen LogP contribution in [0.4, 0.5) is 5.69 Å². The number of nitrogens with one attached hydrogen (secondary N) is 1. The fraction of sp³-hybridized carbons (Fsp3) is 0.400. The van der Waals surface area contributed by atoms with Gasteiger partial charge in [0, 0.05) is 71.2 Å². The van der Waals surface area contributed by atoms with E-state index in [-0.39, 0.29) is 21.2 Å². The number of hydrogen-bond donors (Lipinski definition) is 2. The zero-order valence-electron chi connectivity index (χ0n) is 24.7. The second-order valence-electron chi connectivity index (χ2n) is 12.5. The van der Waals surface area contributed by atoms with E-state index in [1.165, 1.54) is 39.4 Å². The zero-order chi connectivity index (χ0) is 30.3. The van der Waals surface area contributed by atoms with Crippen molar-refractivity contribution in [2.45, 2.75) is 58.3 Å². The normalized spacial score (nSPS) is 17.7. The van der Waals surface area contributed by atoms with Gasteiger partial charge in [0.15, 0.2) is 0 Å². The maximum atomic E-state index is 13.1. The highest BCUT2D eigenvalue weighted by atomic mass is 35.5. The minimum absolute atomic E-state index is 0.0557. The Morgan fingerprint density at radius 1 is 0.955 bits per heavy atom. The molecule has 7 nitrogen and oxygen atoms in total. The molecule has 0 aromatic heterocycles. The molecule has 0 unspecified atom stereocenters. The summed E-state index contributed by atoms with van der Waals surface area (Å²) in [5, 5.41) is 15.6. The van der Waals surface area contributed by atoms with Crippen LogP contribution >= 0.6 is 23.2 Å². The highest BCUT2D eigenvalue weighted by Crippen LogP contribution is 2.50. The van der Waals surface area contributed by atoms with Crippen LogP contribution in [0.15, 0.2) is 18.2 Å². The predicted molar refractivity (Wildman–Crippen MR) is 172 cm³/mol. The Morgan fingerprint density at radius 2 is 1.68 bits per heavy atom. The number of ether oxygens (including phenoxy) is 1. The molecule has 5 aliphatic rings. The Hall–Kier alpha value is -3.55. The van der Waals surface area contributed by atoms with E-state index in [1.54, 1.807) is 6.92 Å². The highest BCUT2D eigenvalue weighted by Gasteiger charge is 2.38. The number of hydrogen-bond acceptors (Lipinski definition) is 4. The lowest BCUT2D eigenvalue weighted by atomic mass is 9.81. The Morgan fingerprint density at radius 3 is 2.45 bits per heavy atom. The summed E-state index contributed by atoms with van der Waals surface area (Å²) < 4.78 is 9.56. The van der Waals surface area contributed by atoms with E-state index >= 15 is 0 Å². The van der Waals surface area contributed by atoms with Gasteiger partial charge in [-0.15, -0.1) is 0 Å². The number of benzene rings is 3. The number of fused-ring (bicyclic) bond motifs is 4. The molecular weight excluding hydrogens is 597 g/mol. The van der Waals surface area contributed by atoms with Crippen molar-refractivity contribution in [1.29, 1.82) is 0 Å². The quantitative estimate of drug-likeness (QED) is 0.314. The molecule has 44 heavy (non-hydrogen) atoms. The number of halogens is 2. The third-order valence-electron chi connectivity index (χ3n) is 9.95. The second-order valence-corrected chi connectivity index (χ2v) is 13.3. The lowest BCUT2D eigenvalue weighted by molar-refractivity contribution is 0.0696. The Balaban J connectivity index is 1.54. The summed E-state index contributed by atoms with van der Waals surface area (Å²) in [5.41, 5.74) is 8.03. The van der Waals surface area contributed by atoms with Crippen LogP contribution in [0.3, 0.4) is 0 Å². The van der Waals surface area contributed by atoms with Crippen LogP contribution in [0, 0.1) is 0 Å².